The highest BCUT2D eigenvalue weighted by Crippen LogP contribution is 2.21. The summed E-state index contributed by atoms with van der Waals surface area (Å²) in [4.78, 5) is 11.5. The predicted molar refractivity (Wildman–Crippen MR) is 93.2 cm³/mol. The lowest BCUT2D eigenvalue weighted by Gasteiger charge is -2.22. The largest absolute Gasteiger partial charge is 0.464 e. The Morgan fingerprint density at radius 1 is 1.08 bits per heavy atom. The van der Waals surface area contributed by atoms with Crippen LogP contribution in [0.25, 0.3) is 0 Å². The second-order valence-corrected chi connectivity index (χ2v) is 7.23. The summed E-state index contributed by atoms with van der Waals surface area (Å²) in [5.74, 6) is 0. The number of carboxylic acid groups (broad SMARTS) is 1. The Morgan fingerprint density at radius 2 is 1.62 bits per heavy atom. The second-order valence-electron chi connectivity index (χ2n) is 5.64. The zero-order valence-corrected chi connectivity index (χ0v) is 14.6. The van der Waals surface area contributed by atoms with Crippen LogP contribution in [0.3, 0.4) is 0 Å². The number of anilines is 1. The van der Waals surface area contributed by atoms with Gasteiger partial charge in [0, 0.05) is 0 Å². The maximum atomic E-state index is 12.5. The van der Waals surface area contributed by atoms with Crippen molar-refractivity contribution in [3.8, 4) is 0 Å². The Bertz CT molecular complexity index is 825. The molecule has 0 unspecified atom stereocenters. The van der Waals surface area contributed by atoms with Crippen LogP contribution in [-0.4, -0.2) is 23.9 Å². The Balaban J connectivity index is 2.35. The van der Waals surface area contributed by atoms with E-state index >= 15 is 0 Å². The molecule has 2 aromatic carbocycles. The minimum absolute atomic E-state index is 0.241. The van der Waals surface area contributed by atoms with E-state index in [2.05, 4.69) is 4.72 Å². The number of para-hydroxylation sites is 1. The summed E-state index contributed by atoms with van der Waals surface area (Å²) in [7, 11) is -4.23. The summed E-state index contributed by atoms with van der Waals surface area (Å²) >= 11 is 0. The van der Waals surface area contributed by atoms with Crippen LogP contribution in [0.5, 0.6) is 0 Å². The first-order valence-corrected chi connectivity index (χ1v) is 8.80. The Kier molecular flexibility index (Phi) is 5.14. The molecular weight excluding hydrogens is 328 g/mol. The molecule has 0 saturated carbocycles. The third kappa shape index (κ3) is 4.05. The van der Waals surface area contributed by atoms with Crippen molar-refractivity contribution in [3.63, 3.8) is 0 Å². The average molecular weight is 348 g/mol. The molecule has 0 bridgehead atoms. The van der Waals surface area contributed by atoms with Gasteiger partial charge in [0.2, 0.25) is 0 Å². The highest BCUT2D eigenvalue weighted by Gasteiger charge is 2.28. The van der Waals surface area contributed by atoms with Gasteiger partial charge in [0.25, 0.3) is 0 Å². The Morgan fingerprint density at radius 3 is 2.12 bits per heavy atom. The second kappa shape index (κ2) is 6.92. The number of benzene rings is 2. The molecule has 0 aliphatic rings. The summed E-state index contributed by atoms with van der Waals surface area (Å²) in [6, 6.07) is 12.0. The number of carbonyl (C=O) groups is 1. The standard InChI is InChI=1S/C17H20N2O4S/c1-12-9-13(2)16(14(3)10-12)11-19(17(20)21)24(22,23)18-15-7-5-4-6-8-15/h4-10,18H,11H2,1-3H3,(H,20,21). The minimum atomic E-state index is -4.23. The summed E-state index contributed by atoms with van der Waals surface area (Å²) in [5, 5.41) is 9.39. The van der Waals surface area contributed by atoms with Gasteiger partial charge in [0.1, 0.15) is 0 Å². The van der Waals surface area contributed by atoms with Crippen molar-refractivity contribution < 1.29 is 18.3 Å². The molecule has 6 nitrogen and oxygen atoms in total. The van der Waals surface area contributed by atoms with Crippen molar-refractivity contribution >= 4 is 22.0 Å². The number of rotatable bonds is 5. The van der Waals surface area contributed by atoms with Crippen molar-refractivity contribution in [3.05, 3.63) is 64.7 Å². The molecule has 0 fully saturated rings. The molecule has 0 atom stereocenters. The Labute approximate surface area is 141 Å². The van der Waals surface area contributed by atoms with E-state index in [4.69, 9.17) is 0 Å². The van der Waals surface area contributed by atoms with Gasteiger partial charge in [-0.05, 0) is 49.6 Å². The molecule has 0 radical (unpaired) electrons. The molecule has 128 valence electrons. The van der Waals surface area contributed by atoms with Crippen LogP contribution in [0, 0.1) is 20.8 Å². The third-order valence-corrected chi connectivity index (χ3v) is 5.03. The fraction of sp³-hybridized carbons (Fsp3) is 0.235. The first kappa shape index (κ1) is 17.8. The zero-order valence-electron chi connectivity index (χ0n) is 13.8. The molecule has 2 aromatic rings. The molecule has 24 heavy (non-hydrogen) atoms. The molecule has 0 spiro atoms. The van der Waals surface area contributed by atoms with Gasteiger partial charge in [-0.3, -0.25) is 4.72 Å². The summed E-state index contributed by atoms with van der Waals surface area (Å²) in [6.45, 7) is 5.38. The van der Waals surface area contributed by atoms with E-state index < -0.39 is 16.3 Å². The molecule has 2 rings (SSSR count). The maximum absolute atomic E-state index is 12.5. The van der Waals surface area contributed by atoms with Gasteiger partial charge in [-0.1, -0.05) is 35.9 Å². The molecule has 0 heterocycles. The van der Waals surface area contributed by atoms with Crippen LogP contribution in [0.2, 0.25) is 0 Å². The van der Waals surface area contributed by atoms with Crippen LogP contribution in [0.15, 0.2) is 42.5 Å². The molecule has 1 amide bonds. The van der Waals surface area contributed by atoms with Crippen molar-refractivity contribution in [2.24, 2.45) is 0 Å². The number of aryl methyl sites for hydroxylation is 3. The normalized spacial score (nSPS) is 11.1. The van der Waals surface area contributed by atoms with Crippen molar-refractivity contribution in [1.29, 1.82) is 0 Å². The maximum Gasteiger partial charge on any atom is 0.422 e. The lowest BCUT2D eigenvalue weighted by atomic mass is 10.00. The van der Waals surface area contributed by atoms with E-state index in [1.54, 1.807) is 30.3 Å². The van der Waals surface area contributed by atoms with Crippen molar-refractivity contribution in [2.75, 3.05) is 4.72 Å². The molecule has 2 N–H and O–H groups in total. The monoisotopic (exact) mass is 348 g/mol. The SMILES string of the molecule is Cc1cc(C)c(CN(C(=O)O)S(=O)(=O)Nc2ccccc2)c(C)c1. The highest BCUT2D eigenvalue weighted by molar-refractivity contribution is 7.90. The zero-order chi connectivity index (χ0) is 17.9. The lowest BCUT2D eigenvalue weighted by molar-refractivity contribution is 0.171. The summed E-state index contributed by atoms with van der Waals surface area (Å²) < 4.78 is 27.6. The molecule has 7 heteroatoms. The van der Waals surface area contributed by atoms with Gasteiger partial charge in [-0.25, -0.2) is 4.79 Å². The topological polar surface area (TPSA) is 86.7 Å². The molecule has 0 aliphatic carbocycles. The van der Waals surface area contributed by atoms with Gasteiger partial charge in [0.15, 0.2) is 0 Å². The van der Waals surface area contributed by atoms with Crippen molar-refractivity contribution in [2.45, 2.75) is 27.3 Å². The molecule has 0 aromatic heterocycles. The van der Waals surface area contributed by atoms with E-state index in [1.165, 1.54) is 0 Å². The summed E-state index contributed by atoms with van der Waals surface area (Å²) in [6.07, 6.45) is -1.53. The van der Waals surface area contributed by atoms with Gasteiger partial charge in [-0.2, -0.15) is 12.7 Å². The molecule has 0 saturated heterocycles. The lowest BCUT2D eigenvalue weighted by Crippen LogP contribution is -2.39. The van der Waals surface area contributed by atoms with Crippen molar-refractivity contribution in [1.82, 2.24) is 4.31 Å². The van der Waals surface area contributed by atoms with Crippen LogP contribution in [0.4, 0.5) is 10.5 Å². The average Bonchev–Trinajstić information content (AvgIpc) is 2.46. The predicted octanol–water partition coefficient (Wildman–Crippen LogP) is 3.45. The molecular formula is C17H20N2O4S. The van der Waals surface area contributed by atoms with Crippen LogP contribution >= 0.6 is 0 Å². The number of nitrogens with zero attached hydrogens (tertiary/aromatic N) is 1. The smallest absolute Gasteiger partial charge is 0.422 e. The number of hydrogen-bond acceptors (Lipinski definition) is 3. The van der Waals surface area contributed by atoms with Gasteiger partial charge in [-0.15, -0.1) is 0 Å². The highest BCUT2D eigenvalue weighted by atomic mass is 32.2. The minimum Gasteiger partial charge on any atom is -0.464 e. The van der Waals surface area contributed by atoms with Gasteiger partial charge < -0.3 is 5.11 Å². The van der Waals surface area contributed by atoms with Crippen LogP contribution in [0.1, 0.15) is 22.3 Å². The quantitative estimate of drug-likeness (QED) is 0.866. The molecule has 0 aliphatic heterocycles. The number of nitrogens with one attached hydrogen (secondary N) is 1. The number of amides is 1. The van der Waals surface area contributed by atoms with E-state index in [0.717, 1.165) is 16.7 Å². The van der Waals surface area contributed by atoms with Gasteiger partial charge >= 0.3 is 16.3 Å². The van der Waals surface area contributed by atoms with Gasteiger partial charge in [0.05, 0.1) is 12.2 Å². The first-order chi connectivity index (χ1) is 11.2. The van der Waals surface area contributed by atoms with Crippen LogP contribution in [-0.2, 0) is 16.8 Å². The van der Waals surface area contributed by atoms with E-state index in [-0.39, 0.29) is 6.54 Å². The summed E-state index contributed by atoms with van der Waals surface area (Å²) in [5.41, 5.74) is 3.74. The number of hydrogen-bond donors (Lipinski definition) is 2. The first-order valence-electron chi connectivity index (χ1n) is 7.36. The van der Waals surface area contributed by atoms with E-state index in [0.29, 0.717) is 15.6 Å². The fourth-order valence-electron chi connectivity index (χ4n) is 2.57. The fourth-order valence-corrected chi connectivity index (χ4v) is 3.62. The van der Waals surface area contributed by atoms with E-state index in [9.17, 15) is 18.3 Å². The van der Waals surface area contributed by atoms with Crippen LogP contribution < -0.4 is 4.72 Å². The Hall–Kier alpha value is -2.54. The third-order valence-electron chi connectivity index (χ3n) is 3.67. The van der Waals surface area contributed by atoms with E-state index in [1.807, 2.05) is 32.9 Å².